The van der Waals surface area contributed by atoms with Gasteiger partial charge in [0, 0.05) is 31.9 Å². The average molecular weight is 390 g/mol. The number of anilines is 2. The SMILES string of the molecule is N#Cc1c(CCCNC(=O)CCNc2ncccn2)nn(-c2ccccc2)c1N. The zero-order valence-corrected chi connectivity index (χ0v) is 15.9. The number of aromatic nitrogens is 4. The topological polar surface area (TPSA) is 135 Å². The predicted molar refractivity (Wildman–Crippen MR) is 109 cm³/mol. The van der Waals surface area contributed by atoms with Crippen molar-refractivity contribution in [2.45, 2.75) is 19.3 Å². The number of hydrogen-bond donors (Lipinski definition) is 3. The molecule has 3 rings (SSSR count). The van der Waals surface area contributed by atoms with Gasteiger partial charge in [0.05, 0.1) is 11.4 Å². The number of rotatable bonds is 9. The summed E-state index contributed by atoms with van der Waals surface area (Å²) in [6.45, 7) is 0.941. The number of nitrogens with zero attached hydrogens (tertiary/aromatic N) is 5. The predicted octanol–water partition coefficient (Wildman–Crippen LogP) is 1.67. The van der Waals surface area contributed by atoms with E-state index in [1.54, 1.807) is 23.1 Å². The third kappa shape index (κ3) is 5.29. The molecule has 1 aromatic carbocycles. The molecule has 3 aromatic rings. The zero-order valence-electron chi connectivity index (χ0n) is 15.9. The summed E-state index contributed by atoms with van der Waals surface area (Å²) >= 11 is 0. The number of amides is 1. The first kappa shape index (κ1) is 19.8. The summed E-state index contributed by atoms with van der Waals surface area (Å²) in [6, 6.07) is 13.3. The van der Waals surface area contributed by atoms with Crippen molar-refractivity contribution in [2.75, 3.05) is 24.1 Å². The van der Waals surface area contributed by atoms with Crippen LogP contribution in [0.15, 0.2) is 48.8 Å². The van der Waals surface area contributed by atoms with Crippen molar-refractivity contribution in [2.24, 2.45) is 0 Å². The van der Waals surface area contributed by atoms with Gasteiger partial charge in [0.1, 0.15) is 17.5 Å². The van der Waals surface area contributed by atoms with Gasteiger partial charge in [-0.1, -0.05) is 18.2 Å². The van der Waals surface area contributed by atoms with Gasteiger partial charge in [0.15, 0.2) is 0 Å². The number of carbonyl (C=O) groups is 1. The van der Waals surface area contributed by atoms with Gasteiger partial charge in [0.2, 0.25) is 11.9 Å². The van der Waals surface area contributed by atoms with Gasteiger partial charge in [-0.05, 0) is 31.0 Å². The summed E-state index contributed by atoms with van der Waals surface area (Å²) in [4.78, 5) is 20.0. The second-order valence-electron chi connectivity index (χ2n) is 6.27. The number of nitrogens with one attached hydrogen (secondary N) is 2. The highest BCUT2D eigenvalue weighted by Gasteiger charge is 2.16. The smallest absolute Gasteiger partial charge is 0.222 e. The molecule has 0 saturated carbocycles. The Balaban J connectivity index is 1.45. The van der Waals surface area contributed by atoms with E-state index in [9.17, 15) is 10.1 Å². The van der Waals surface area contributed by atoms with E-state index >= 15 is 0 Å². The first-order valence-electron chi connectivity index (χ1n) is 9.29. The minimum absolute atomic E-state index is 0.0664. The maximum atomic E-state index is 11.9. The number of aryl methyl sites for hydroxylation is 1. The maximum Gasteiger partial charge on any atom is 0.222 e. The van der Waals surface area contributed by atoms with E-state index in [-0.39, 0.29) is 5.91 Å². The summed E-state index contributed by atoms with van der Waals surface area (Å²) < 4.78 is 1.57. The van der Waals surface area contributed by atoms with Gasteiger partial charge < -0.3 is 16.4 Å². The van der Waals surface area contributed by atoms with E-state index in [1.807, 2.05) is 30.3 Å². The molecule has 2 aromatic heterocycles. The number of para-hydroxylation sites is 1. The monoisotopic (exact) mass is 390 g/mol. The standard InChI is InChI=1S/C20H22N8O/c21-14-16-17(27-28(19(16)22)15-6-2-1-3-7-15)8-4-10-23-18(29)9-13-26-20-24-11-5-12-25-20/h1-3,5-7,11-12H,4,8-10,13,22H2,(H,23,29)(H,24,25,26). The first-order chi connectivity index (χ1) is 14.2. The molecule has 9 nitrogen and oxygen atoms in total. The summed E-state index contributed by atoms with van der Waals surface area (Å²) in [5.74, 6) is 0.756. The second kappa shape index (κ2) is 9.85. The van der Waals surface area contributed by atoms with Crippen molar-refractivity contribution in [1.82, 2.24) is 25.1 Å². The van der Waals surface area contributed by atoms with Crippen LogP contribution in [-0.2, 0) is 11.2 Å². The molecule has 0 bridgehead atoms. The molecule has 0 aliphatic rings. The highest BCUT2D eigenvalue weighted by molar-refractivity contribution is 5.76. The lowest BCUT2D eigenvalue weighted by atomic mass is 10.1. The first-order valence-corrected chi connectivity index (χ1v) is 9.29. The number of nitrogen functional groups attached to an aromatic ring is 1. The van der Waals surface area contributed by atoms with Crippen LogP contribution in [-0.4, -0.2) is 38.7 Å². The molecule has 0 aliphatic carbocycles. The van der Waals surface area contributed by atoms with Crippen molar-refractivity contribution in [3.05, 3.63) is 60.0 Å². The normalized spacial score (nSPS) is 10.3. The maximum absolute atomic E-state index is 11.9. The number of benzene rings is 1. The van der Waals surface area contributed by atoms with Crippen LogP contribution in [0.4, 0.5) is 11.8 Å². The molecular formula is C20H22N8O. The molecule has 0 fully saturated rings. The molecule has 0 saturated heterocycles. The van der Waals surface area contributed by atoms with Gasteiger partial charge in [-0.2, -0.15) is 10.4 Å². The number of nitriles is 1. The van der Waals surface area contributed by atoms with E-state index in [0.717, 1.165) is 5.69 Å². The lowest BCUT2D eigenvalue weighted by molar-refractivity contribution is -0.120. The Morgan fingerprint density at radius 1 is 1.14 bits per heavy atom. The van der Waals surface area contributed by atoms with Gasteiger partial charge in [-0.25, -0.2) is 14.6 Å². The van der Waals surface area contributed by atoms with Gasteiger partial charge in [-0.3, -0.25) is 4.79 Å². The van der Waals surface area contributed by atoms with Crippen LogP contribution >= 0.6 is 0 Å². The van der Waals surface area contributed by atoms with E-state index in [0.29, 0.717) is 55.4 Å². The van der Waals surface area contributed by atoms with E-state index in [2.05, 4.69) is 31.8 Å². The molecule has 4 N–H and O–H groups in total. The Bertz CT molecular complexity index is 979. The summed E-state index contributed by atoms with van der Waals surface area (Å²) in [5.41, 5.74) is 7.91. The fourth-order valence-corrected chi connectivity index (χ4v) is 2.79. The van der Waals surface area contributed by atoms with E-state index in [1.165, 1.54) is 0 Å². The Labute approximate surface area is 168 Å². The molecule has 0 atom stereocenters. The molecule has 0 unspecified atom stereocenters. The number of hydrogen-bond acceptors (Lipinski definition) is 7. The van der Waals surface area contributed by atoms with Crippen LogP contribution in [0.25, 0.3) is 5.69 Å². The zero-order chi connectivity index (χ0) is 20.5. The summed E-state index contributed by atoms with van der Waals surface area (Å²) in [7, 11) is 0. The van der Waals surface area contributed by atoms with E-state index < -0.39 is 0 Å². The second-order valence-corrected chi connectivity index (χ2v) is 6.27. The Morgan fingerprint density at radius 2 is 1.90 bits per heavy atom. The van der Waals surface area contributed by atoms with Crippen LogP contribution in [0.5, 0.6) is 0 Å². The molecule has 29 heavy (non-hydrogen) atoms. The Morgan fingerprint density at radius 3 is 2.62 bits per heavy atom. The largest absolute Gasteiger partial charge is 0.382 e. The van der Waals surface area contributed by atoms with Crippen molar-refractivity contribution >= 4 is 17.7 Å². The van der Waals surface area contributed by atoms with Crippen molar-refractivity contribution in [1.29, 1.82) is 5.26 Å². The molecule has 0 spiro atoms. The van der Waals surface area contributed by atoms with Gasteiger partial charge >= 0.3 is 0 Å². The fourth-order valence-electron chi connectivity index (χ4n) is 2.79. The van der Waals surface area contributed by atoms with Crippen LogP contribution in [0.2, 0.25) is 0 Å². The van der Waals surface area contributed by atoms with Crippen LogP contribution in [0.1, 0.15) is 24.1 Å². The van der Waals surface area contributed by atoms with Crippen molar-refractivity contribution in [3.8, 4) is 11.8 Å². The molecule has 0 radical (unpaired) electrons. The van der Waals surface area contributed by atoms with Crippen molar-refractivity contribution < 1.29 is 4.79 Å². The van der Waals surface area contributed by atoms with Crippen LogP contribution < -0.4 is 16.4 Å². The fraction of sp³-hybridized carbons (Fsp3) is 0.250. The molecular weight excluding hydrogens is 368 g/mol. The Hall–Kier alpha value is -3.93. The highest BCUT2D eigenvalue weighted by atomic mass is 16.1. The Kier molecular flexibility index (Phi) is 6.73. The summed E-state index contributed by atoms with van der Waals surface area (Å²) in [6.07, 6.45) is 4.79. The molecule has 2 heterocycles. The minimum atomic E-state index is -0.0664. The quantitative estimate of drug-likeness (QED) is 0.473. The molecule has 9 heteroatoms. The lowest BCUT2D eigenvalue weighted by Gasteiger charge is -2.06. The molecule has 0 aliphatic heterocycles. The number of nitrogens with two attached hydrogens (primary N) is 1. The summed E-state index contributed by atoms with van der Waals surface area (Å²) in [5, 5.41) is 19.8. The third-order valence-corrected chi connectivity index (χ3v) is 4.22. The lowest BCUT2D eigenvalue weighted by Crippen LogP contribution is -2.26. The van der Waals surface area contributed by atoms with Crippen LogP contribution in [0.3, 0.4) is 0 Å². The van der Waals surface area contributed by atoms with Crippen LogP contribution in [0, 0.1) is 11.3 Å². The average Bonchev–Trinajstić information content (AvgIpc) is 3.08. The molecule has 1 amide bonds. The molecule has 148 valence electrons. The minimum Gasteiger partial charge on any atom is -0.382 e. The van der Waals surface area contributed by atoms with Crippen molar-refractivity contribution in [3.63, 3.8) is 0 Å². The van der Waals surface area contributed by atoms with Gasteiger partial charge in [0.25, 0.3) is 0 Å². The third-order valence-electron chi connectivity index (χ3n) is 4.22. The van der Waals surface area contributed by atoms with E-state index in [4.69, 9.17) is 5.73 Å². The number of carbonyl (C=O) groups excluding carboxylic acids is 1. The highest BCUT2D eigenvalue weighted by Crippen LogP contribution is 2.21. The van der Waals surface area contributed by atoms with Gasteiger partial charge in [-0.15, -0.1) is 0 Å².